The van der Waals surface area contributed by atoms with Gasteiger partial charge in [-0.2, -0.15) is 10.1 Å². The summed E-state index contributed by atoms with van der Waals surface area (Å²) in [6, 6.07) is 10.6. The molecule has 77 heavy (non-hydrogen) atoms. The second-order valence-electron chi connectivity index (χ2n) is 27.3. The minimum atomic E-state index is -2.08. The van der Waals surface area contributed by atoms with Crippen LogP contribution >= 0.6 is 45.2 Å². The van der Waals surface area contributed by atoms with Crippen LogP contribution in [-0.4, -0.2) is 116 Å². The molecule has 18 heteroatoms. The summed E-state index contributed by atoms with van der Waals surface area (Å²) in [5.41, 5.74) is 8.04. The van der Waals surface area contributed by atoms with E-state index in [0.29, 0.717) is 48.6 Å². The van der Waals surface area contributed by atoms with Crippen molar-refractivity contribution < 1.29 is 48.2 Å². The molecule has 15 atom stereocenters. The number of halogens is 2. The lowest BCUT2D eigenvalue weighted by molar-refractivity contribution is -0.195. The van der Waals surface area contributed by atoms with Crippen molar-refractivity contribution in [3.05, 3.63) is 54.7 Å². The lowest BCUT2D eigenvalue weighted by Gasteiger charge is -2.61. The molecular formula is C59H98I2N4O10Si2. The number of carbonyl (C=O) groups is 2. The highest BCUT2D eigenvalue weighted by atomic mass is 127. The monoisotopic (exact) mass is 1330 g/mol. The summed E-state index contributed by atoms with van der Waals surface area (Å²) >= 11 is 4.20. The summed E-state index contributed by atoms with van der Waals surface area (Å²) in [4.78, 5) is 39.1. The predicted octanol–water partition coefficient (Wildman–Crippen LogP) is 11.9. The van der Waals surface area contributed by atoms with Crippen molar-refractivity contribution in [3.8, 4) is 11.5 Å². The molecule has 14 nitrogen and oxygen atoms in total. The van der Waals surface area contributed by atoms with Crippen molar-refractivity contribution in [2.75, 3.05) is 13.2 Å². The van der Waals surface area contributed by atoms with Crippen LogP contribution in [0.1, 0.15) is 140 Å². The summed E-state index contributed by atoms with van der Waals surface area (Å²) in [6.45, 7) is 38.5. The summed E-state index contributed by atoms with van der Waals surface area (Å²) in [5, 5.41) is 38.9. The van der Waals surface area contributed by atoms with Gasteiger partial charge in [-0.05, 0) is 168 Å². The van der Waals surface area contributed by atoms with Crippen LogP contribution in [0.4, 0.5) is 0 Å². The number of esters is 1. The first-order chi connectivity index (χ1) is 35.6. The van der Waals surface area contributed by atoms with Gasteiger partial charge in [-0.15, -0.1) is 0 Å². The number of carbonyl (C=O) groups excluding carboxylic acids is 2. The molecule has 2 aromatic rings. The summed E-state index contributed by atoms with van der Waals surface area (Å²) in [7, 11) is -4.01. The quantitative estimate of drug-likeness (QED) is 0.0684. The lowest BCUT2D eigenvalue weighted by atomic mass is 9.45. The van der Waals surface area contributed by atoms with Crippen LogP contribution < -0.4 is 11.1 Å². The number of nitrogens with one attached hydrogen (secondary N) is 1. The Bertz CT molecular complexity index is 2330. The second-order valence-corrected chi connectivity index (χ2v) is 39.2. The first-order valence-corrected chi connectivity index (χ1v) is 36.6. The van der Waals surface area contributed by atoms with E-state index in [1.807, 2.05) is 43.3 Å². The van der Waals surface area contributed by atoms with E-state index < -0.39 is 46.8 Å². The molecule has 1 amide bonds. The number of hydrogen-bond acceptors (Lipinski definition) is 13. The summed E-state index contributed by atoms with van der Waals surface area (Å²) in [5.74, 6) is 3.11. The summed E-state index contributed by atoms with van der Waals surface area (Å²) < 4.78 is 19.9. The highest BCUT2D eigenvalue weighted by Crippen LogP contribution is 2.60. The highest BCUT2D eigenvalue weighted by molar-refractivity contribution is 14.1. The average Bonchev–Trinajstić information content (AvgIpc) is 4.00. The van der Waals surface area contributed by atoms with E-state index in [1.165, 1.54) is 19.3 Å². The van der Waals surface area contributed by atoms with E-state index in [-0.39, 0.29) is 64.2 Å². The lowest BCUT2D eigenvalue weighted by Crippen LogP contribution is -2.58. The number of amides is 1. The van der Waals surface area contributed by atoms with Crippen LogP contribution in [0.2, 0.25) is 36.3 Å². The number of phenols is 2. The molecule has 0 spiro atoms. The standard InChI is InChI=1S/C29H49IN2O5Si.C20H30INO5Si.C10H19N/c1-9-20-14-13-18(2)23(15-20)31-28(35)26-25(19(3)33)24(17-36-38(7,8)29(4,5)6)37-32(26)16-21-11-10-12-22(30)27(21)34;1-12-16-15(11-25-28(5,6)20(2,3)4)27-22(17(16)19(24)26-12)10-13-8-7-9-14(21)18(13)23;1-6-8-4-7(5-9(6)11)10(8,2)3/h10-12,18-20,23-26,33-34H,9,13-17H2,1-8H3,(H,31,35);7-9,12,15-17,23H,10-11H2,1-6H3;6-9H,4-5,11H2,1-3H3/t18-,19-,20+,23-,24-,25+,26-;12-,15-,16+,17-;6-,7+,8?,9-/m000/s1. The number of benzene rings is 2. The third kappa shape index (κ3) is 14.7. The average molecular weight is 1330 g/mol. The summed E-state index contributed by atoms with van der Waals surface area (Å²) in [6.07, 6.45) is 5.40. The number of hydroxylamine groups is 4. The van der Waals surface area contributed by atoms with Crippen molar-refractivity contribution >= 4 is 73.7 Å². The Balaban J connectivity index is 0.000000213. The van der Waals surface area contributed by atoms with Crippen LogP contribution in [0.25, 0.3) is 0 Å². The van der Waals surface area contributed by atoms with Crippen LogP contribution in [0.3, 0.4) is 0 Å². The molecule has 2 aromatic carbocycles. The molecule has 0 radical (unpaired) electrons. The van der Waals surface area contributed by atoms with E-state index in [9.17, 15) is 24.9 Å². The van der Waals surface area contributed by atoms with Crippen LogP contribution in [-0.2, 0) is 45.9 Å². The number of aliphatic hydroxyl groups is 1. The Morgan fingerprint density at radius 2 is 1.36 bits per heavy atom. The van der Waals surface area contributed by atoms with Crippen LogP contribution in [0.5, 0.6) is 11.5 Å². The maximum absolute atomic E-state index is 14.0. The maximum atomic E-state index is 14.0. The zero-order chi connectivity index (χ0) is 57.5. The van der Waals surface area contributed by atoms with E-state index in [2.05, 4.69) is 153 Å². The zero-order valence-corrected chi connectivity index (χ0v) is 55.9. The molecule has 1 unspecified atom stereocenters. The van der Waals surface area contributed by atoms with Crippen molar-refractivity contribution in [2.24, 2.45) is 52.6 Å². The number of rotatable bonds is 14. The predicted molar refractivity (Wildman–Crippen MR) is 326 cm³/mol. The Morgan fingerprint density at radius 1 is 0.844 bits per heavy atom. The van der Waals surface area contributed by atoms with Gasteiger partial charge in [0.2, 0.25) is 5.91 Å². The third-order valence-electron chi connectivity index (χ3n) is 19.9. The van der Waals surface area contributed by atoms with Crippen molar-refractivity contribution in [1.29, 1.82) is 0 Å². The fourth-order valence-electron chi connectivity index (χ4n) is 12.2. The molecule has 436 valence electrons. The van der Waals surface area contributed by atoms with Gasteiger partial charge in [0, 0.05) is 29.1 Å². The molecule has 3 heterocycles. The molecule has 7 aliphatic rings. The first-order valence-electron chi connectivity index (χ1n) is 28.6. The minimum Gasteiger partial charge on any atom is -0.507 e. The number of nitrogens with zero attached hydrogens (tertiary/aromatic N) is 2. The van der Waals surface area contributed by atoms with E-state index in [0.717, 1.165) is 49.7 Å². The molecule has 9 rings (SSSR count). The van der Waals surface area contributed by atoms with Gasteiger partial charge in [-0.3, -0.25) is 19.3 Å². The number of para-hydroxylation sites is 2. The van der Waals surface area contributed by atoms with Gasteiger partial charge in [-0.25, -0.2) is 0 Å². The number of cyclic esters (lactones) is 1. The Kier molecular flexibility index (Phi) is 21.5. The van der Waals surface area contributed by atoms with Gasteiger partial charge in [0.25, 0.3) is 0 Å². The molecule has 3 saturated heterocycles. The van der Waals surface area contributed by atoms with E-state index >= 15 is 0 Å². The van der Waals surface area contributed by atoms with Crippen LogP contribution in [0.15, 0.2) is 36.4 Å². The number of ether oxygens (including phenoxy) is 1. The van der Waals surface area contributed by atoms with Gasteiger partial charge in [0.15, 0.2) is 16.6 Å². The maximum Gasteiger partial charge on any atom is 0.326 e. The number of phenolic OH excluding ortho intramolecular Hbond substituents is 2. The molecule has 0 aromatic heterocycles. The minimum absolute atomic E-state index is 0.0296. The molecule has 7 fully saturated rings. The number of aromatic hydroxyl groups is 2. The Morgan fingerprint density at radius 3 is 1.84 bits per heavy atom. The SMILES string of the molecule is CC[C@@H]1CC[C@H](C)[C@@H](NC(=O)[C@@H]2[C@H]([C@H](C)O)[C@H](CO[Si](C)(C)C(C)(C)C)ON2Cc2cccc(I)c2O)C1.C[C@@H]1OC(=O)[C@@H]2[C@H]1[C@H](CO[Si](C)(C)C(C)(C)C)ON2Cc1cccc(I)c1O.C[C@H]1C2C[C@H](C[C@@H]1N)C2(C)C. The van der Waals surface area contributed by atoms with Gasteiger partial charge in [0.1, 0.15) is 41.9 Å². The third-order valence-corrected chi connectivity index (χ3v) is 30.6. The van der Waals surface area contributed by atoms with Crippen molar-refractivity contribution in [3.63, 3.8) is 0 Å². The number of hydrogen-bond donors (Lipinski definition) is 5. The molecule has 4 aliphatic carbocycles. The second kappa shape index (κ2) is 25.6. The molecular weight excluding hydrogens is 1230 g/mol. The fourth-order valence-corrected chi connectivity index (χ4v) is 15.3. The number of fused-ring (bicyclic) bond motifs is 3. The van der Waals surface area contributed by atoms with E-state index in [1.54, 1.807) is 17.1 Å². The number of nitrogens with two attached hydrogens (primary N) is 1. The smallest absolute Gasteiger partial charge is 0.326 e. The normalized spacial score (nSPS) is 32.7. The number of aliphatic hydroxyl groups excluding tert-OH is 1. The van der Waals surface area contributed by atoms with Crippen LogP contribution in [0, 0.1) is 54.0 Å². The fraction of sp³-hybridized carbons (Fsp3) is 0.763. The van der Waals surface area contributed by atoms with E-state index in [4.69, 9.17) is 29.0 Å². The molecule has 2 bridgehead atoms. The van der Waals surface area contributed by atoms with Crippen molar-refractivity contribution in [2.45, 2.75) is 226 Å². The topological polar surface area (TPSA) is 186 Å². The Hall–Kier alpha value is -1.45. The molecule has 4 saturated carbocycles. The van der Waals surface area contributed by atoms with Crippen molar-refractivity contribution in [1.82, 2.24) is 15.4 Å². The van der Waals surface area contributed by atoms with Gasteiger partial charge >= 0.3 is 5.97 Å². The zero-order valence-electron chi connectivity index (χ0n) is 49.6. The molecule has 3 aliphatic heterocycles. The highest BCUT2D eigenvalue weighted by Gasteiger charge is 2.58. The first kappa shape index (κ1) is 64.7. The Labute approximate surface area is 492 Å². The van der Waals surface area contributed by atoms with Gasteiger partial charge < -0.3 is 40.0 Å². The van der Waals surface area contributed by atoms with Gasteiger partial charge in [-0.1, -0.05) is 113 Å². The largest absolute Gasteiger partial charge is 0.507 e. The van der Waals surface area contributed by atoms with Gasteiger partial charge in [0.05, 0.1) is 45.5 Å². The molecule has 6 N–H and O–H groups in total.